The lowest BCUT2D eigenvalue weighted by atomic mass is 9.79. The molecule has 0 saturated carbocycles. The Morgan fingerprint density at radius 2 is 1.33 bits per heavy atom. The van der Waals surface area contributed by atoms with Crippen LogP contribution in [-0.4, -0.2) is 31.5 Å². The van der Waals surface area contributed by atoms with Crippen molar-refractivity contribution in [1.29, 1.82) is 5.41 Å². The van der Waals surface area contributed by atoms with E-state index in [-0.39, 0.29) is 23.5 Å². The number of nitrogens with zero attached hydrogens (tertiary/aromatic N) is 2. The molecule has 2 aliphatic carbocycles. The number of rotatable bonds is 3. The van der Waals surface area contributed by atoms with Gasteiger partial charge in [-0.25, -0.2) is 4.99 Å². The number of fused-ring (bicyclic) bond motifs is 8. The highest BCUT2D eigenvalue weighted by molar-refractivity contribution is 6.07. The third kappa shape index (κ3) is 6.95. The molecule has 9 rings (SSSR count). The first-order chi connectivity index (χ1) is 25.4. The standard InChI is InChI=1S/C23H20N2O2.C14H10.C8H9N.C2H6/c1-23(2)15-9-5-4-7-13(15)19-16(23)11-12-18-21(19)27-17-10-6-8-14(20(17)26-18)22(24)25-3;1-3-7-13-11(5-1)9-10-12-6-2-4-8-14(12)13;1-9-7-8-5-3-2-4-6-8;1-2/h4-12,18,21,24H,3H2,1-2H3;1-10H;2-6H,1,7H2;1-2H3. The van der Waals surface area contributed by atoms with Crippen molar-refractivity contribution < 1.29 is 9.47 Å². The Morgan fingerprint density at radius 3 is 1.98 bits per heavy atom. The minimum atomic E-state index is -0.239. The van der Waals surface area contributed by atoms with Gasteiger partial charge in [0.05, 0.1) is 12.1 Å². The lowest BCUT2D eigenvalue weighted by Gasteiger charge is -2.37. The van der Waals surface area contributed by atoms with Gasteiger partial charge in [0, 0.05) is 11.0 Å². The molecule has 3 aliphatic rings. The summed E-state index contributed by atoms with van der Waals surface area (Å²) in [6.07, 6.45) is 3.80. The molecule has 260 valence electrons. The van der Waals surface area contributed by atoms with Crippen LogP contribution in [0.2, 0.25) is 0 Å². The Bertz CT molecular complexity index is 2250. The van der Waals surface area contributed by atoms with Crippen molar-refractivity contribution >= 4 is 46.4 Å². The molecule has 5 heteroatoms. The number of amidine groups is 1. The molecule has 5 nitrogen and oxygen atoms in total. The van der Waals surface area contributed by atoms with Crippen LogP contribution in [0.5, 0.6) is 11.5 Å². The summed E-state index contributed by atoms with van der Waals surface area (Å²) >= 11 is 0. The molecule has 2 atom stereocenters. The minimum Gasteiger partial charge on any atom is -0.478 e. The van der Waals surface area contributed by atoms with Crippen molar-refractivity contribution in [2.24, 2.45) is 9.98 Å². The highest BCUT2D eigenvalue weighted by atomic mass is 16.6. The van der Waals surface area contributed by atoms with Crippen molar-refractivity contribution in [2.45, 2.75) is 51.9 Å². The van der Waals surface area contributed by atoms with Gasteiger partial charge in [0.25, 0.3) is 0 Å². The van der Waals surface area contributed by atoms with E-state index in [4.69, 9.17) is 14.9 Å². The topological polar surface area (TPSA) is 67.0 Å². The Kier molecular flexibility index (Phi) is 10.9. The molecule has 0 saturated heterocycles. The Morgan fingerprint density at radius 1 is 0.712 bits per heavy atom. The van der Waals surface area contributed by atoms with Crippen LogP contribution in [-0.2, 0) is 12.0 Å². The predicted molar refractivity (Wildman–Crippen MR) is 220 cm³/mol. The fraction of sp³-hybridized carbons (Fsp3) is 0.170. The molecule has 0 radical (unpaired) electrons. The summed E-state index contributed by atoms with van der Waals surface area (Å²) in [4.78, 5) is 7.50. The van der Waals surface area contributed by atoms with Gasteiger partial charge < -0.3 is 9.47 Å². The number of allylic oxidation sites excluding steroid dienone is 2. The molecule has 1 aliphatic heterocycles. The van der Waals surface area contributed by atoms with E-state index < -0.39 is 0 Å². The second-order valence-corrected chi connectivity index (χ2v) is 13.0. The van der Waals surface area contributed by atoms with Crippen LogP contribution in [0.25, 0.3) is 27.1 Å². The van der Waals surface area contributed by atoms with Crippen LogP contribution in [0.4, 0.5) is 0 Å². The summed E-state index contributed by atoms with van der Waals surface area (Å²) in [6.45, 7) is 16.1. The van der Waals surface area contributed by atoms with Gasteiger partial charge in [0.1, 0.15) is 0 Å². The number of benzene rings is 6. The Labute approximate surface area is 307 Å². The number of ether oxygens (including phenoxy) is 2. The minimum absolute atomic E-state index is 0.0617. The van der Waals surface area contributed by atoms with Gasteiger partial charge in [-0.15, -0.1) is 0 Å². The van der Waals surface area contributed by atoms with Crippen LogP contribution in [0, 0.1) is 5.41 Å². The number of nitrogens with one attached hydrogen (secondary N) is 1. The van der Waals surface area contributed by atoms with Crippen LogP contribution in [0.15, 0.2) is 161 Å². The summed E-state index contributed by atoms with van der Waals surface area (Å²) in [5.41, 5.74) is 6.80. The maximum atomic E-state index is 8.03. The van der Waals surface area contributed by atoms with Gasteiger partial charge in [-0.05, 0) is 75.5 Å². The van der Waals surface area contributed by atoms with E-state index in [9.17, 15) is 0 Å². The second-order valence-electron chi connectivity index (χ2n) is 13.0. The van der Waals surface area contributed by atoms with E-state index in [1.54, 1.807) is 0 Å². The van der Waals surface area contributed by atoms with Crippen LogP contribution in [0.3, 0.4) is 0 Å². The summed E-state index contributed by atoms with van der Waals surface area (Å²) in [7, 11) is 0. The van der Waals surface area contributed by atoms with E-state index in [2.05, 4.69) is 134 Å². The van der Waals surface area contributed by atoms with Gasteiger partial charge in [0.15, 0.2) is 29.5 Å². The molecule has 0 aromatic heterocycles. The van der Waals surface area contributed by atoms with Gasteiger partial charge in [-0.3, -0.25) is 10.4 Å². The highest BCUT2D eigenvalue weighted by Gasteiger charge is 2.46. The first-order valence-electron chi connectivity index (χ1n) is 17.8. The monoisotopic (exact) mass is 683 g/mol. The lowest BCUT2D eigenvalue weighted by molar-refractivity contribution is 0.0808. The van der Waals surface area contributed by atoms with Gasteiger partial charge in [-0.2, -0.15) is 0 Å². The SMILES string of the molecule is C=NC(=N)c1cccc2c1OC1C=CC3=C(c4ccccc4C3(C)C)C1O2.C=NCc1ccccc1.CC.c1ccc2c(c1)ccc1ccccc12. The van der Waals surface area contributed by atoms with E-state index in [0.29, 0.717) is 17.1 Å². The quantitative estimate of drug-likeness (QED) is 0.115. The third-order valence-corrected chi connectivity index (χ3v) is 9.58. The van der Waals surface area contributed by atoms with Crippen molar-refractivity contribution in [2.75, 3.05) is 0 Å². The molecular weight excluding hydrogens is 639 g/mol. The van der Waals surface area contributed by atoms with E-state index in [1.807, 2.05) is 62.4 Å². The highest BCUT2D eigenvalue weighted by Crippen LogP contribution is 2.52. The van der Waals surface area contributed by atoms with Crippen LogP contribution < -0.4 is 9.47 Å². The maximum Gasteiger partial charge on any atom is 0.173 e. The van der Waals surface area contributed by atoms with Gasteiger partial charge in [0.2, 0.25) is 0 Å². The molecule has 0 fully saturated rings. The zero-order chi connectivity index (χ0) is 36.7. The summed E-state index contributed by atoms with van der Waals surface area (Å²) in [5.74, 6) is 1.29. The summed E-state index contributed by atoms with van der Waals surface area (Å²) < 4.78 is 12.7. The molecule has 0 spiro atoms. The molecule has 2 unspecified atom stereocenters. The zero-order valence-corrected chi connectivity index (χ0v) is 30.3. The molecule has 6 aromatic carbocycles. The fourth-order valence-corrected chi connectivity index (χ4v) is 7.12. The average molecular weight is 684 g/mol. The first-order valence-corrected chi connectivity index (χ1v) is 17.8. The molecule has 6 aromatic rings. The van der Waals surface area contributed by atoms with Gasteiger partial charge in [-0.1, -0.05) is 155 Å². The average Bonchev–Trinajstić information content (AvgIpc) is 3.44. The van der Waals surface area contributed by atoms with Crippen molar-refractivity contribution in [1.82, 2.24) is 0 Å². The first kappa shape index (κ1) is 35.7. The number of hydrogen-bond acceptors (Lipinski definition) is 4. The molecule has 1 heterocycles. The maximum absolute atomic E-state index is 8.03. The van der Waals surface area contributed by atoms with Crippen molar-refractivity contribution in [3.05, 3.63) is 173 Å². The fourth-order valence-electron chi connectivity index (χ4n) is 7.12. The lowest BCUT2D eigenvalue weighted by Crippen LogP contribution is -2.41. The number of aliphatic imine (C=N–C) groups is 2. The van der Waals surface area contributed by atoms with Crippen molar-refractivity contribution in [3.63, 3.8) is 0 Å². The Hall–Kier alpha value is -6.07. The van der Waals surface area contributed by atoms with Crippen LogP contribution in [0.1, 0.15) is 49.9 Å². The molecule has 52 heavy (non-hydrogen) atoms. The normalized spacial score (nSPS) is 16.7. The van der Waals surface area contributed by atoms with E-state index in [1.165, 1.54) is 49.4 Å². The molecule has 0 bridgehead atoms. The molecule has 0 amide bonds. The van der Waals surface area contributed by atoms with Crippen LogP contribution >= 0.6 is 0 Å². The third-order valence-electron chi connectivity index (χ3n) is 9.58. The zero-order valence-electron chi connectivity index (χ0n) is 30.3. The van der Waals surface area contributed by atoms with E-state index in [0.717, 1.165) is 6.54 Å². The second kappa shape index (κ2) is 15.9. The van der Waals surface area contributed by atoms with Gasteiger partial charge >= 0.3 is 0 Å². The van der Waals surface area contributed by atoms with Crippen molar-refractivity contribution in [3.8, 4) is 11.5 Å². The summed E-state index contributed by atoms with van der Waals surface area (Å²) in [6, 6.07) is 45.5. The Balaban J connectivity index is 0.000000154. The predicted octanol–water partition coefficient (Wildman–Crippen LogP) is 11.4. The smallest absolute Gasteiger partial charge is 0.173 e. The molecule has 1 N–H and O–H groups in total. The van der Waals surface area contributed by atoms with E-state index >= 15 is 0 Å². The molecular formula is C47H45N3O2. The largest absolute Gasteiger partial charge is 0.478 e. The summed E-state index contributed by atoms with van der Waals surface area (Å²) in [5, 5.41) is 13.3. The number of hydrogen-bond donors (Lipinski definition) is 1. The number of para-hydroxylation sites is 1.